The van der Waals surface area contributed by atoms with Gasteiger partial charge in [0.1, 0.15) is 11.5 Å². The van der Waals surface area contributed by atoms with Gasteiger partial charge in [-0.15, -0.1) is 0 Å². The fourth-order valence-corrected chi connectivity index (χ4v) is 1.77. The standard InChI is InChI=1S/C14H23NO4/c1-10(8-16-2)19-9-13(15)12-7-11(17-3)5-6-14(12)18-4/h5-7,10,13H,8-9,15H2,1-4H3. The molecule has 19 heavy (non-hydrogen) atoms. The summed E-state index contributed by atoms with van der Waals surface area (Å²) in [7, 11) is 4.88. The van der Waals surface area contributed by atoms with E-state index in [0.29, 0.717) is 13.2 Å². The molecule has 0 aromatic heterocycles. The van der Waals surface area contributed by atoms with Crippen molar-refractivity contribution in [1.29, 1.82) is 0 Å². The Bertz CT molecular complexity index is 384. The van der Waals surface area contributed by atoms with Crippen LogP contribution >= 0.6 is 0 Å². The van der Waals surface area contributed by atoms with Gasteiger partial charge in [-0.1, -0.05) is 0 Å². The molecule has 0 spiro atoms. The van der Waals surface area contributed by atoms with E-state index in [-0.39, 0.29) is 12.1 Å². The van der Waals surface area contributed by atoms with Gasteiger partial charge in [-0.05, 0) is 25.1 Å². The minimum absolute atomic E-state index is 0.00709. The Kier molecular flexibility index (Phi) is 6.62. The molecular formula is C14H23NO4. The SMILES string of the molecule is COCC(C)OCC(N)c1cc(OC)ccc1OC. The summed E-state index contributed by atoms with van der Waals surface area (Å²) in [6, 6.07) is 5.27. The first-order valence-electron chi connectivity index (χ1n) is 6.20. The van der Waals surface area contributed by atoms with Crippen molar-refractivity contribution in [3.05, 3.63) is 23.8 Å². The van der Waals surface area contributed by atoms with Gasteiger partial charge in [-0.2, -0.15) is 0 Å². The highest BCUT2D eigenvalue weighted by atomic mass is 16.5. The Morgan fingerprint density at radius 1 is 1.11 bits per heavy atom. The lowest BCUT2D eigenvalue weighted by atomic mass is 10.1. The minimum atomic E-state index is -0.274. The van der Waals surface area contributed by atoms with Crippen molar-refractivity contribution < 1.29 is 18.9 Å². The number of hydrogen-bond acceptors (Lipinski definition) is 5. The minimum Gasteiger partial charge on any atom is -0.497 e. The zero-order valence-electron chi connectivity index (χ0n) is 12.0. The molecule has 1 aromatic carbocycles. The first-order chi connectivity index (χ1) is 9.12. The highest BCUT2D eigenvalue weighted by molar-refractivity contribution is 5.42. The van der Waals surface area contributed by atoms with E-state index in [1.165, 1.54) is 0 Å². The second-order valence-electron chi connectivity index (χ2n) is 4.31. The third-order valence-corrected chi connectivity index (χ3v) is 2.80. The van der Waals surface area contributed by atoms with Crippen LogP contribution in [0.5, 0.6) is 11.5 Å². The zero-order chi connectivity index (χ0) is 14.3. The van der Waals surface area contributed by atoms with Gasteiger partial charge in [0.25, 0.3) is 0 Å². The third-order valence-electron chi connectivity index (χ3n) is 2.80. The van der Waals surface area contributed by atoms with Crippen LogP contribution in [0.4, 0.5) is 0 Å². The molecule has 0 aliphatic carbocycles. The first-order valence-corrected chi connectivity index (χ1v) is 6.20. The van der Waals surface area contributed by atoms with Gasteiger partial charge < -0.3 is 24.7 Å². The highest BCUT2D eigenvalue weighted by Crippen LogP contribution is 2.28. The maximum Gasteiger partial charge on any atom is 0.123 e. The molecule has 0 heterocycles. The van der Waals surface area contributed by atoms with Crippen molar-refractivity contribution in [3.63, 3.8) is 0 Å². The average Bonchev–Trinajstić information content (AvgIpc) is 2.44. The van der Waals surface area contributed by atoms with Gasteiger partial charge in [0, 0.05) is 12.7 Å². The molecule has 0 fully saturated rings. The summed E-state index contributed by atoms with van der Waals surface area (Å²) >= 11 is 0. The molecule has 1 rings (SSSR count). The van der Waals surface area contributed by atoms with Gasteiger partial charge in [-0.3, -0.25) is 0 Å². The lowest BCUT2D eigenvalue weighted by Gasteiger charge is -2.19. The summed E-state index contributed by atoms with van der Waals surface area (Å²) in [5.41, 5.74) is 7.01. The molecule has 0 aliphatic heterocycles. The van der Waals surface area contributed by atoms with Gasteiger partial charge in [0.05, 0.1) is 39.6 Å². The lowest BCUT2D eigenvalue weighted by molar-refractivity contribution is 0.00309. The molecule has 2 unspecified atom stereocenters. The van der Waals surface area contributed by atoms with Crippen LogP contribution in [0.1, 0.15) is 18.5 Å². The fourth-order valence-electron chi connectivity index (χ4n) is 1.77. The molecule has 0 amide bonds. The van der Waals surface area contributed by atoms with E-state index in [1.807, 2.05) is 25.1 Å². The molecule has 5 nitrogen and oxygen atoms in total. The Hall–Kier alpha value is -1.30. The van der Waals surface area contributed by atoms with Crippen LogP contribution in [0.15, 0.2) is 18.2 Å². The number of methoxy groups -OCH3 is 3. The van der Waals surface area contributed by atoms with E-state index in [0.717, 1.165) is 17.1 Å². The van der Waals surface area contributed by atoms with E-state index in [4.69, 9.17) is 24.7 Å². The molecule has 2 N–H and O–H groups in total. The predicted octanol–water partition coefficient (Wildman–Crippen LogP) is 1.76. The van der Waals surface area contributed by atoms with E-state index in [1.54, 1.807) is 21.3 Å². The topological polar surface area (TPSA) is 62.9 Å². The summed E-state index contributed by atoms with van der Waals surface area (Å²) in [6.45, 7) is 2.88. The predicted molar refractivity (Wildman–Crippen MR) is 73.8 cm³/mol. The van der Waals surface area contributed by atoms with Crippen LogP contribution in [0, 0.1) is 0 Å². The summed E-state index contributed by atoms with van der Waals surface area (Å²) in [5.74, 6) is 1.48. The monoisotopic (exact) mass is 269 g/mol. The van der Waals surface area contributed by atoms with E-state index >= 15 is 0 Å². The molecule has 0 saturated carbocycles. The Morgan fingerprint density at radius 2 is 1.84 bits per heavy atom. The van der Waals surface area contributed by atoms with Gasteiger partial charge in [0.15, 0.2) is 0 Å². The van der Waals surface area contributed by atoms with Crippen molar-refractivity contribution in [2.45, 2.75) is 19.1 Å². The van der Waals surface area contributed by atoms with Crippen LogP contribution in [0.25, 0.3) is 0 Å². The Balaban J connectivity index is 2.71. The number of nitrogens with two attached hydrogens (primary N) is 1. The van der Waals surface area contributed by atoms with Crippen molar-refractivity contribution in [1.82, 2.24) is 0 Å². The molecule has 0 radical (unpaired) electrons. The van der Waals surface area contributed by atoms with Crippen LogP contribution in [-0.4, -0.2) is 40.6 Å². The summed E-state index contributed by atoms with van der Waals surface area (Å²) < 4.78 is 21.1. The van der Waals surface area contributed by atoms with Gasteiger partial charge >= 0.3 is 0 Å². The first kappa shape index (κ1) is 15.8. The maximum absolute atomic E-state index is 6.14. The van der Waals surface area contributed by atoms with Gasteiger partial charge in [-0.25, -0.2) is 0 Å². The van der Waals surface area contributed by atoms with Crippen LogP contribution < -0.4 is 15.2 Å². The van der Waals surface area contributed by atoms with Gasteiger partial charge in [0.2, 0.25) is 0 Å². The molecule has 0 aliphatic rings. The molecule has 108 valence electrons. The third kappa shape index (κ3) is 4.70. The van der Waals surface area contributed by atoms with E-state index < -0.39 is 0 Å². The number of ether oxygens (including phenoxy) is 4. The van der Waals surface area contributed by atoms with E-state index in [9.17, 15) is 0 Å². The lowest BCUT2D eigenvalue weighted by Crippen LogP contribution is -2.23. The van der Waals surface area contributed by atoms with E-state index in [2.05, 4.69) is 0 Å². The zero-order valence-corrected chi connectivity index (χ0v) is 12.0. The highest BCUT2D eigenvalue weighted by Gasteiger charge is 2.15. The largest absolute Gasteiger partial charge is 0.497 e. The fraction of sp³-hybridized carbons (Fsp3) is 0.571. The quantitative estimate of drug-likeness (QED) is 0.779. The summed E-state index contributed by atoms with van der Waals surface area (Å²) in [5, 5.41) is 0. The molecule has 0 saturated heterocycles. The number of hydrogen-bond donors (Lipinski definition) is 1. The van der Waals surface area contributed by atoms with Crippen LogP contribution in [-0.2, 0) is 9.47 Å². The smallest absolute Gasteiger partial charge is 0.123 e. The van der Waals surface area contributed by atoms with Crippen molar-refractivity contribution in [2.75, 3.05) is 34.5 Å². The Labute approximate surface area is 114 Å². The molecular weight excluding hydrogens is 246 g/mol. The van der Waals surface area contributed by atoms with Crippen molar-refractivity contribution in [2.24, 2.45) is 5.73 Å². The van der Waals surface area contributed by atoms with Crippen LogP contribution in [0.2, 0.25) is 0 Å². The van der Waals surface area contributed by atoms with Crippen molar-refractivity contribution in [3.8, 4) is 11.5 Å². The number of benzene rings is 1. The average molecular weight is 269 g/mol. The molecule has 2 atom stereocenters. The molecule has 0 bridgehead atoms. The van der Waals surface area contributed by atoms with Crippen LogP contribution in [0.3, 0.4) is 0 Å². The summed E-state index contributed by atoms with van der Waals surface area (Å²) in [4.78, 5) is 0. The molecule has 5 heteroatoms. The second-order valence-corrected chi connectivity index (χ2v) is 4.31. The van der Waals surface area contributed by atoms with Crippen molar-refractivity contribution >= 4 is 0 Å². The normalized spacial score (nSPS) is 13.9. The second kappa shape index (κ2) is 7.99. The maximum atomic E-state index is 6.14. The number of rotatable bonds is 8. The Morgan fingerprint density at radius 3 is 2.42 bits per heavy atom. The molecule has 1 aromatic rings. The summed E-state index contributed by atoms with van der Waals surface area (Å²) in [6.07, 6.45) is 0.00709.